The standard InChI is InChI=1S/C30H28BrN5O2/c1-18(2)29-34-26-14-11-21(31)15-24(26)30(38)36(29)32-16-25-20(4)35(27-8-6-5-7-23(25)27)17-28(37)33-22-12-9-19(3)10-13-22/h5-16,18H,17H2,1-4H3,(H,33,37). The number of nitrogens with one attached hydrogen (secondary N) is 1. The van der Waals surface area contributed by atoms with Crippen molar-refractivity contribution >= 4 is 55.5 Å². The van der Waals surface area contributed by atoms with E-state index in [9.17, 15) is 9.59 Å². The van der Waals surface area contributed by atoms with Crippen LogP contribution in [0.3, 0.4) is 0 Å². The zero-order chi connectivity index (χ0) is 27.0. The summed E-state index contributed by atoms with van der Waals surface area (Å²) in [4.78, 5) is 31.1. The van der Waals surface area contributed by atoms with Gasteiger partial charge in [0.2, 0.25) is 5.91 Å². The molecule has 0 saturated carbocycles. The lowest BCUT2D eigenvalue weighted by molar-refractivity contribution is -0.116. The number of rotatable bonds is 6. The number of benzene rings is 3. The van der Waals surface area contributed by atoms with Gasteiger partial charge in [-0.25, -0.2) is 4.98 Å². The molecular formula is C30H28BrN5O2. The summed E-state index contributed by atoms with van der Waals surface area (Å²) < 4.78 is 4.16. The topological polar surface area (TPSA) is 81.3 Å². The summed E-state index contributed by atoms with van der Waals surface area (Å²) in [5, 5.41) is 9.06. The Labute approximate surface area is 229 Å². The number of aryl methyl sites for hydroxylation is 1. The van der Waals surface area contributed by atoms with Crippen LogP contribution in [0.2, 0.25) is 0 Å². The largest absolute Gasteiger partial charge is 0.335 e. The zero-order valence-corrected chi connectivity index (χ0v) is 23.3. The fourth-order valence-electron chi connectivity index (χ4n) is 4.57. The SMILES string of the molecule is Cc1ccc(NC(=O)Cn2c(C)c(C=Nn3c(C(C)C)nc4ccc(Br)cc4c3=O)c3ccccc32)cc1. The molecule has 5 rings (SSSR count). The molecule has 3 aromatic carbocycles. The number of anilines is 1. The fourth-order valence-corrected chi connectivity index (χ4v) is 4.93. The maximum absolute atomic E-state index is 13.5. The summed E-state index contributed by atoms with van der Waals surface area (Å²) in [6.07, 6.45) is 1.70. The number of para-hydroxylation sites is 1. The first-order chi connectivity index (χ1) is 18.2. The van der Waals surface area contributed by atoms with Crippen LogP contribution in [0.5, 0.6) is 0 Å². The van der Waals surface area contributed by atoms with Crippen LogP contribution in [-0.4, -0.2) is 26.3 Å². The molecule has 0 radical (unpaired) electrons. The van der Waals surface area contributed by atoms with Gasteiger partial charge in [0.25, 0.3) is 5.56 Å². The molecule has 2 heterocycles. The first-order valence-electron chi connectivity index (χ1n) is 12.4. The summed E-state index contributed by atoms with van der Waals surface area (Å²) in [5.41, 5.74) is 4.95. The highest BCUT2D eigenvalue weighted by atomic mass is 79.9. The monoisotopic (exact) mass is 569 g/mol. The van der Waals surface area contributed by atoms with E-state index in [4.69, 9.17) is 4.98 Å². The van der Waals surface area contributed by atoms with E-state index in [1.54, 1.807) is 12.3 Å². The minimum atomic E-state index is -0.227. The van der Waals surface area contributed by atoms with Crippen LogP contribution in [0.15, 0.2) is 81.1 Å². The zero-order valence-electron chi connectivity index (χ0n) is 21.7. The third kappa shape index (κ3) is 4.91. The van der Waals surface area contributed by atoms with Crippen LogP contribution in [0.25, 0.3) is 21.8 Å². The molecule has 1 N–H and O–H groups in total. The maximum Gasteiger partial charge on any atom is 0.282 e. The average molecular weight is 570 g/mol. The van der Waals surface area contributed by atoms with Gasteiger partial charge in [-0.1, -0.05) is 65.7 Å². The number of hydrogen-bond acceptors (Lipinski definition) is 4. The van der Waals surface area contributed by atoms with Crippen LogP contribution in [0.4, 0.5) is 5.69 Å². The summed E-state index contributed by atoms with van der Waals surface area (Å²) in [6.45, 7) is 8.10. The Hall–Kier alpha value is -4.04. The molecule has 0 fully saturated rings. The molecule has 0 aliphatic rings. The van der Waals surface area contributed by atoms with Crippen LogP contribution in [0.1, 0.15) is 42.4 Å². The molecule has 192 valence electrons. The highest BCUT2D eigenvalue weighted by Gasteiger charge is 2.17. The maximum atomic E-state index is 13.5. The van der Waals surface area contributed by atoms with Gasteiger partial charge in [0.15, 0.2) is 0 Å². The van der Waals surface area contributed by atoms with Crippen molar-refractivity contribution in [2.45, 2.75) is 40.2 Å². The molecule has 0 spiro atoms. The van der Waals surface area contributed by atoms with Crippen LogP contribution >= 0.6 is 15.9 Å². The van der Waals surface area contributed by atoms with E-state index >= 15 is 0 Å². The van der Waals surface area contributed by atoms with Crippen molar-refractivity contribution in [1.82, 2.24) is 14.2 Å². The van der Waals surface area contributed by atoms with E-state index < -0.39 is 0 Å². The minimum absolute atomic E-state index is 0.0131. The van der Waals surface area contributed by atoms with Crippen LogP contribution in [-0.2, 0) is 11.3 Å². The summed E-state index contributed by atoms with van der Waals surface area (Å²) in [5.74, 6) is 0.449. The number of halogens is 1. The van der Waals surface area contributed by atoms with Crippen molar-refractivity contribution in [3.8, 4) is 0 Å². The quantitative estimate of drug-likeness (QED) is 0.241. The third-order valence-electron chi connectivity index (χ3n) is 6.57. The summed E-state index contributed by atoms with van der Waals surface area (Å²) in [6, 6.07) is 21.1. The molecule has 0 aliphatic heterocycles. The molecule has 2 aromatic heterocycles. The molecule has 0 saturated heterocycles. The van der Waals surface area contributed by atoms with E-state index in [1.807, 2.05) is 92.9 Å². The molecule has 38 heavy (non-hydrogen) atoms. The van der Waals surface area contributed by atoms with Gasteiger partial charge >= 0.3 is 0 Å². The second kappa shape index (κ2) is 10.4. The van der Waals surface area contributed by atoms with Gasteiger partial charge in [-0.15, -0.1) is 0 Å². The lowest BCUT2D eigenvalue weighted by Gasteiger charge is -2.12. The lowest BCUT2D eigenvalue weighted by Crippen LogP contribution is -2.23. The van der Waals surface area contributed by atoms with Gasteiger partial charge in [0.1, 0.15) is 12.4 Å². The van der Waals surface area contributed by atoms with Crippen molar-refractivity contribution in [1.29, 1.82) is 0 Å². The number of amides is 1. The predicted octanol–water partition coefficient (Wildman–Crippen LogP) is 6.37. The van der Waals surface area contributed by atoms with Gasteiger partial charge in [-0.2, -0.15) is 9.78 Å². The molecule has 1 amide bonds. The van der Waals surface area contributed by atoms with Gasteiger partial charge in [-0.05, 0) is 50.2 Å². The van der Waals surface area contributed by atoms with Gasteiger partial charge in [0.05, 0.1) is 17.1 Å². The van der Waals surface area contributed by atoms with Crippen molar-refractivity contribution in [3.63, 3.8) is 0 Å². The van der Waals surface area contributed by atoms with Crippen molar-refractivity contribution in [2.24, 2.45) is 5.10 Å². The number of hydrogen-bond donors (Lipinski definition) is 1. The summed E-state index contributed by atoms with van der Waals surface area (Å²) >= 11 is 3.45. The van der Waals surface area contributed by atoms with E-state index in [-0.39, 0.29) is 23.9 Å². The van der Waals surface area contributed by atoms with Crippen molar-refractivity contribution in [3.05, 3.63) is 104 Å². The lowest BCUT2D eigenvalue weighted by atomic mass is 10.1. The smallest absolute Gasteiger partial charge is 0.282 e. The van der Waals surface area contributed by atoms with Gasteiger partial charge in [0, 0.05) is 38.2 Å². The second-order valence-corrected chi connectivity index (χ2v) is 10.6. The van der Waals surface area contributed by atoms with E-state index in [0.717, 1.165) is 37.9 Å². The Kier molecular flexibility index (Phi) is 6.99. The van der Waals surface area contributed by atoms with Crippen LogP contribution < -0.4 is 10.9 Å². The van der Waals surface area contributed by atoms with Crippen molar-refractivity contribution in [2.75, 3.05) is 5.32 Å². The average Bonchev–Trinajstić information content (AvgIpc) is 3.15. The molecule has 7 nitrogen and oxygen atoms in total. The fraction of sp³-hybridized carbons (Fsp3) is 0.200. The highest BCUT2D eigenvalue weighted by Crippen LogP contribution is 2.25. The minimum Gasteiger partial charge on any atom is -0.335 e. The Morgan fingerprint density at radius 3 is 2.53 bits per heavy atom. The first-order valence-corrected chi connectivity index (χ1v) is 13.2. The second-order valence-electron chi connectivity index (χ2n) is 9.66. The molecule has 0 unspecified atom stereocenters. The number of carbonyl (C=O) groups excluding carboxylic acids is 1. The number of carbonyl (C=O) groups is 1. The van der Waals surface area contributed by atoms with E-state index in [2.05, 4.69) is 26.3 Å². The molecular weight excluding hydrogens is 542 g/mol. The Bertz CT molecular complexity index is 1760. The van der Waals surface area contributed by atoms with E-state index in [1.165, 1.54) is 4.68 Å². The molecule has 0 bridgehead atoms. The number of fused-ring (bicyclic) bond motifs is 2. The molecule has 8 heteroatoms. The number of nitrogens with zero attached hydrogens (tertiary/aromatic N) is 4. The van der Waals surface area contributed by atoms with E-state index in [0.29, 0.717) is 16.7 Å². The molecule has 5 aromatic rings. The normalized spacial score (nSPS) is 11.7. The Morgan fingerprint density at radius 1 is 1.05 bits per heavy atom. The van der Waals surface area contributed by atoms with Gasteiger partial charge < -0.3 is 9.88 Å². The predicted molar refractivity (Wildman–Crippen MR) is 157 cm³/mol. The highest BCUT2D eigenvalue weighted by molar-refractivity contribution is 9.10. The number of aromatic nitrogens is 3. The molecule has 0 atom stereocenters. The third-order valence-corrected chi connectivity index (χ3v) is 7.06. The molecule has 0 aliphatic carbocycles. The first kappa shape index (κ1) is 25.6. The Morgan fingerprint density at radius 2 is 1.79 bits per heavy atom. The van der Waals surface area contributed by atoms with Crippen molar-refractivity contribution < 1.29 is 4.79 Å². The van der Waals surface area contributed by atoms with Gasteiger partial charge in [-0.3, -0.25) is 9.59 Å². The summed E-state index contributed by atoms with van der Waals surface area (Å²) in [7, 11) is 0. The Balaban J connectivity index is 1.56. The van der Waals surface area contributed by atoms with Crippen LogP contribution in [0, 0.1) is 13.8 Å².